The third-order valence-corrected chi connectivity index (χ3v) is 3.70. The fourth-order valence-electron chi connectivity index (χ4n) is 2.27. The van der Waals surface area contributed by atoms with Gasteiger partial charge in [-0.25, -0.2) is 0 Å². The maximum absolute atomic E-state index is 12.3. The van der Waals surface area contributed by atoms with Crippen LogP contribution in [-0.4, -0.2) is 33.6 Å². The van der Waals surface area contributed by atoms with E-state index in [1.165, 1.54) is 26.0 Å². The lowest BCUT2D eigenvalue weighted by molar-refractivity contribution is -0.385. The molecule has 8 nitrogen and oxygen atoms in total. The largest absolute Gasteiger partial charge is 0.369 e. The van der Waals surface area contributed by atoms with E-state index in [-0.39, 0.29) is 11.1 Å². The van der Waals surface area contributed by atoms with Crippen molar-refractivity contribution in [2.24, 2.45) is 11.7 Å². The minimum atomic E-state index is -0.783. The number of benzene rings is 1. The SMILES string of the molecule is CC(C(N)=O)C(C)N1C(=O)c2cccc([N+](=O)[O-])c2C1=O. The van der Waals surface area contributed by atoms with Gasteiger partial charge >= 0.3 is 0 Å². The molecule has 110 valence electrons. The Morgan fingerprint density at radius 3 is 2.43 bits per heavy atom. The monoisotopic (exact) mass is 291 g/mol. The number of imide groups is 1. The summed E-state index contributed by atoms with van der Waals surface area (Å²) in [4.78, 5) is 47.0. The molecule has 0 saturated heterocycles. The molecule has 0 saturated carbocycles. The molecule has 1 aliphatic heterocycles. The van der Waals surface area contributed by atoms with Gasteiger partial charge in [-0.1, -0.05) is 13.0 Å². The van der Waals surface area contributed by atoms with E-state index in [1.54, 1.807) is 0 Å². The Balaban J connectivity index is 2.51. The van der Waals surface area contributed by atoms with E-state index < -0.39 is 40.3 Å². The fraction of sp³-hybridized carbons (Fsp3) is 0.308. The number of nitro groups is 1. The predicted molar refractivity (Wildman–Crippen MR) is 71.4 cm³/mol. The summed E-state index contributed by atoms with van der Waals surface area (Å²) in [6.07, 6.45) is 0. The molecule has 3 amide bonds. The van der Waals surface area contributed by atoms with Gasteiger partial charge < -0.3 is 5.73 Å². The van der Waals surface area contributed by atoms with Crippen molar-refractivity contribution in [2.45, 2.75) is 19.9 Å². The number of carbonyl (C=O) groups excluding carboxylic acids is 3. The average molecular weight is 291 g/mol. The lowest BCUT2D eigenvalue weighted by Gasteiger charge is -2.25. The number of primary amides is 1. The van der Waals surface area contributed by atoms with Gasteiger partial charge in [0.15, 0.2) is 0 Å². The second-order valence-corrected chi connectivity index (χ2v) is 4.87. The van der Waals surface area contributed by atoms with Gasteiger partial charge in [-0.2, -0.15) is 0 Å². The number of fused-ring (bicyclic) bond motifs is 1. The second-order valence-electron chi connectivity index (χ2n) is 4.87. The summed E-state index contributed by atoms with van der Waals surface area (Å²) in [5.41, 5.74) is 4.49. The van der Waals surface area contributed by atoms with Gasteiger partial charge in [0.05, 0.1) is 16.4 Å². The average Bonchev–Trinajstić information content (AvgIpc) is 2.69. The number of carbonyl (C=O) groups is 3. The first-order valence-corrected chi connectivity index (χ1v) is 6.22. The first kappa shape index (κ1) is 14.6. The van der Waals surface area contributed by atoms with E-state index >= 15 is 0 Å². The van der Waals surface area contributed by atoms with Crippen molar-refractivity contribution in [1.82, 2.24) is 4.90 Å². The topological polar surface area (TPSA) is 124 Å². The predicted octanol–water partition coefficient (Wildman–Crippen LogP) is 0.701. The van der Waals surface area contributed by atoms with Crippen LogP contribution < -0.4 is 5.73 Å². The highest BCUT2D eigenvalue weighted by Crippen LogP contribution is 2.32. The van der Waals surface area contributed by atoms with Gasteiger partial charge in [-0.05, 0) is 13.0 Å². The first-order valence-electron chi connectivity index (χ1n) is 6.22. The second kappa shape index (κ2) is 4.97. The van der Waals surface area contributed by atoms with Crippen LogP contribution in [0.4, 0.5) is 5.69 Å². The zero-order valence-corrected chi connectivity index (χ0v) is 11.4. The van der Waals surface area contributed by atoms with Crippen LogP contribution in [0.1, 0.15) is 34.6 Å². The molecule has 2 atom stereocenters. The third kappa shape index (κ3) is 2.14. The standard InChI is InChI=1S/C13H13N3O5/c1-6(11(14)17)7(2)15-12(18)8-4-3-5-9(16(20)21)10(8)13(15)19/h3-7H,1-2H3,(H2,14,17). The highest BCUT2D eigenvalue weighted by atomic mass is 16.6. The van der Waals surface area contributed by atoms with E-state index in [9.17, 15) is 24.5 Å². The van der Waals surface area contributed by atoms with Crippen LogP contribution in [0.25, 0.3) is 0 Å². The zero-order valence-electron chi connectivity index (χ0n) is 11.4. The highest BCUT2D eigenvalue weighted by Gasteiger charge is 2.44. The highest BCUT2D eigenvalue weighted by molar-refractivity contribution is 6.23. The fourth-order valence-corrected chi connectivity index (χ4v) is 2.27. The summed E-state index contributed by atoms with van der Waals surface area (Å²) in [6, 6.07) is 3.07. The zero-order chi connectivity index (χ0) is 15.9. The van der Waals surface area contributed by atoms with Crippen LogP contribution in [0.2, 0.25) is 0 Å². The molecular formula is C13H13N3O5. The van der Waals surface area contributed by atoms with E-state index in [0.29, 0.717) is 0 Å². The Morgan fingerprint density at radius 2 is 1.90 bits per heavy atom. The first-order chi connectivity index (χ1) is 9.77. The van der Waals surface area contributed by atoms with Crippen LogP contribution in [0.3, 0.4) is 0 Å². The molecule has 0 aliphatic carbocycles. The number of nitrogens with zero attached hydrogens (tertiary/aromatic N) is 2. The molecule has 21 heavy (non-hydrogen) atoms. The van der Waals surface area contributed by atoms with Crippen LogP contribution in [-0.2, 0) is 4.79 Å². The molecule has 0 radical (unpaired) electrons. The quantitative estimate of drug-likeness (QED) is 0.496. The molecule has 1 aromatic rings. The van der Waals surface area contributed by atoms with Crippen molar-refractivity contribution < 1.29 is 19.3 Å². The summed E-state index contributed by atoms with van der Waals surface area (Å²) in [5.74, 6) is -2.85. The summed E-state index contributed by atoms with van der Waals surface area (Å²) < 4.78 is 0. The van der Waals surface area contributed by atoms with Crippen molar-refractivity contribution >= 4 is 23.4 Å². The Labute approximate surface area is 119 Å². The molecule has 8 heteroatoms. The maximum Gasteiger partial charge on any atom is 0.282 e. The molecule has 2 N–H and O–H groups in total. The van der Waals surface area contributed by atoms with E-state index in [1.807, 2.05) is 0 Å². The van der Waals surface area contributed by atoms with Crippen LogP contribution in [0.15, 0.2) is 18.2 Å². The van der Waals surface area contributed by atoms with Crippen molar-refractivity contribution in [2.75, 3.05) is 0 Å². The van der Waals surface area contributed by atoms with Gasteiger partial charge in [0.2, 0.25) is 5.91 Å². The molecular weight excluding hydrogens is 278 g/mol. The molecule has 0 fully saturated rings. The lowest BCUT2D eigenvalue weighted by atomic mass is 10.0. The Kier molecular flexibility index (Phi) is 3.46. The van der Waals surface area contributed by atoms with Crippen LogP contribution >= 0.6 is 0 Å². The van der Waals surface area contributed by atoms with E-state index in [0.717, 1.165) is 11.0 Å². The molecule has 1 aliphatic rings. The van der Waals surface area contributed by atoms with Crippen molar-refractivity contribution in [1.29, 1.82) is 0 Å². The molecule has 1 heterocycles. The minimum absolute atomic E-state index is 0.0299. The number of rotatable bonds is 4. The van der Waals surface area contributed by atoms with Crippen molar-refractivity contribution in [3.63, 3.8) is 0 Å². The summed E-state index contributed by atoms with van der Waals surface area (Å²) >= 11 is 0. The summed E-state index contributed by atoms with van der Waals surface area (Å²) in [5, 5.41) is 11.0. The minimum Gasteiger partial charge on any atom is -0.369 e. The normalized spacial score (nSPS) is 16.6. The van der Waals surface area contributed by atoms with Crippen molar-refractivity contribution in [3.05, 3.63) is 39.4 Å². The van der Waals surface area contributed by atoms with Crippen LogP contribution in [0, 0.1) is 16.0 Å². The molecule has 0 bridgehead atoms. The van der Waals surface area contributed by atoms with Gasteiger partial charge in [-0.15, -0.1) is 0 Å². The third-order valence-electron chi connectivity index (χ3n) is 3.70. The Bertz CT molecular complexity index is 670. The lowest BCUT2D eigenvalue weighted by Crippen LogP contribution is -2.45. The van der Waals surface area contributed by atoms with Gasteiger partial charge in [0.25, 0.3) is 17.5 Å². The smallest absolute Gasteiger partial charge is 0.282 e. The molecule has 2 unspecified atom stereocenters. The molecule has 2 rings (SSSR count). The van der Waals surface area contributed by atoms with E-state index in [4.69, 9.17) is 5.73 Å². The Morgan fingerprint density at radius 1 is 1.29 bits per heavy atom. The van der Waals surface area contributed by atoms with Crippen molar-refractivity contribution in [3.8, 4) is 0 Å². The Hall–Kier alpha value is -2.77. The number of nitrogens with two attached hydrogens (primary N) is 1. The summed E-state index contributed by atoms with van der Waals surface area (Å²) in [6.45, 7) is 2.99. The van der Waals surface area contributed by atoms with Gasteiger partial charge in [0, 0.05) is 12.1 Å². The maximum atomic E-state index is 12.3. The molecule has 0 spiro atoms. The van der Waals surface area contributed by atoms with Crippen LogP contribution in [0.5, 0.6) is 0 Å². The number of nitro benzene ring substituents is 1. The molecule has 0 aromatic heterocycles. The number of hydrogen-bond acceptors (Lipinski definition) is 5. The molecule has 1 aromatic carbocycles. The van der Waals surface area contributed by atoms with E-state index in [2.05, 4.69) is 0 Å². The number of amides is 3. The summed E-state index contributed by atoms with van der Waals surface area (Å²) in [7, 11) is 0. The van der Waals surface area contributed by atoms with Gasteiger partial charge in [-0.3, -0.25) is 29.4 Å². The van der Waals surface area contributed by atoms with Gasteiger partial charge in [0.1, 0.15) is 5.56 Å². The number of hydrogen-bond donors (Lipinski definition) is 1.